The summed E-state index contributed by atoms with van der Waals surface area (Å²) in [5, 5.41) is 3.25. The lowest BCUT2D eigenvalue weighted by atomic mass is 9.93. The molecule has 1 heterocycles. The molecule has 0 radical (unpaired) electrons. The van der Waals surface area contributed by atoms with Crippen molar-refractivity contribution in [1.29, 1.82) is 0 Å². The van der Waals surface area contributed by atoms with Gasteiger partial charge in [0.15, 0.2) is 0 Å². The van der Waals surface area contributed by atoms with Gasteiger partial charge in [-0.2, -0.15) is 0 Å². The molecular formula is C21H29FN2O2. The number of likely N-dealkylation sites (tertiary alicyclic amines) is 1. The first kappa shape index (κ1) is 18.9. The molecule has 0 atom stereocenters. The molecule has 1 aliphatic heterocycles. The second-order valence-electron chi connectivity index (χ2n) is 7.63. The van der Waals surface area contributed by atoms with Gasteiger partial charge in [-0.05, 0) is 43.9 Å². The van der Waals surface area contributed by atoms with Gasteiger partial charge in [0.05, 0.1) is 0 Å². The van der Waals surface area contributed by atoms with Crippen LogP contribution in [0.2, 0.25) is 0 Å². The van der Waals surface area contributed by atoms with Gasteiger partial charge in [0.25, 0.3) is 5.91 Å². The zero-order valence-electron chi connectivity index (χ0n) is 15.4. The third-order valence-electron chi connectivity index (χ3n) is 5.68. The van der Waals surface area contributed by atoms with Crippen molar-refractivity contribution in [2.24, 2.45) is 5.92 Å². The van der Waals surface area contributed by atoms with E-state index in [-0.39, 0.29) is 17.7 Å². The SMILES string of the molecule is O=C(NC1CCCCCCC1)C1CCN(C(=O)c2cccc(F)c2)CC1. The van der Waals surface area contributed by atoms with Gasteiger partial charge >= 0.3 is 0 Å². The van der Waals surface area contributed by atoms with Crippen LogP contribution in [0.25, 0.3) is 0 Å². The van der Waals surface area contributed by atoms with Gasteiger partial charge < -0.3 is 10.2 Å². The van der Waals surface area contributed by atoms with E-state index in [2.05, 4.69) is 5.32 Å². The zero-order chi connectivity index (χ0) is 18.4. The number of nitrogens with one attached hydrogen (secondary N) is 1. The molecule has 3 rings (SSSR count). The van der Waals surface area contributed by atoms with Crippen LogP contribution in [0, 0.1) is 11.7 Å². The summed E-state index contributed by atoms with van der Waals surface area (Å²) in [5.41, 5.74) is 0.377. The number of nitrogens with zero attached hydrogens (tertiary/aromatic N) is 1. The van der Waals surface area contributed by atoms with Crippen LogP contribution in [0.3, 0.4) is 0 Å². The van der Waals surface area contributed by atoms with Crippen molar-refractivity contribution in [3.05, 3.63) is 35.6 Å². The Kier molecular flexibility index (Phi) is 6.64. The first-order chi connectivity index (χ1) is 12.6. The van der Waals surface area contributed by atoms with Crippen LogP contribution >= 0.6 is 0 Å². The lowest BCUT2D eigenvalue weighted by Crippen LogP contribution is -2.45. The summed E-state index contributed by atoms with van der Waals surface area (Å²) in [5.74, 6) is -0.418. The number of rotatable bonds is 3. The van der Waals surface area contributed by atoms with Gasteiger partial charge in [-0.3, -0.25) is 9.59 Å². The molecule has 1 N–H and O–H groups in total. The van der Waals surface area contributed by atoms with Crippen molar-refractivity contribution in [2.75, 3.05) is 13.1 Å². The topological polar surface area (TPSA) is 49.4 Å². The molecule has 1 saturated carbocycles. The van der Waals surface area contributed by atoms with Crippen LogP contribution in [0.4, 0.5) is 4.39 Å². The maximum absolute atomic E-state index is 13.3. The standard InChI is InChI=1S/C21H29FN2O2/c22-18-8-6-7-17(15-18)21(26)24-13-11-16(12-14-24)20(25)23-19-9-4-2-1-3-5-10-19/h6-8,15-16,19H,1-5,9-14H2,(H,23,25). The highest BCUT2D eigenvalue weighted by Gasteiger charge is 2.29. The summed E-state index contributed by atoms with van der Waals surface area (Å²) in [6.45, 7) is 1.11. The first-order valence-corrected chi connectivity index (χ1v) is 9.99. The van der Waals surface area contributed by atoms with E-state index in [0.717, 1.165) is 12.8 Å². The fourth-order valence-electron chi connectivity index (χ4n) is 4.07. The molecule has 2 fully saturated rings. The van der Waals surface area contributed by atoms with Crippen LogP contribution in [-0.2, 0) is 4.79 Å². The van der Waals surface area contributed by atoms with Crippen molar-refractivity contribution in [1.82, 2.24) is 10.2 Å². The molecule has 26 heavy (non-hydrogen) atoms. The van der Waals surface area contributed by atoms with Crippen LogP contribution in [0.1, 0.15) is 68.1 Å². The fraction of sp³-hybridized carbons (Fsp3) is 0.619. The molecule has 0 bridgehead atoms. The van der Waals surface area contributed by atoms with Crippen LogP contribution in [0.5, 0.6) is 0 Å². The minimum atomic E-state index is -0.399. The quantitative estimate of drug-likeness (QED) is 0.888. The Balaban J connectivity index is 1.48. The van der Waals surface area contributed by atoms with Gasteiger partial charge in [0, 0.05) is 30.6 Å². The predicted octanol–water partition coefficient (Wildman–Crippen LogP) is 3.91. The highest BCUT2D eigenvalue weighted by molar-refractivity contribution is 5.94. The molecule has 1 aromatic rings. The molecular weight excluding hydrogens is 331 g/mol. The number of carbonyl (C=O) groups is 2. The van der Waals surface area contributed by atoms with E-state index in [0.29, 0.717) is 37.5 Å². The number of amides is 2. The van der Waals surface area contributed by atoms with Crippen molar-refractivity contribution < 1.29 is 14.0 Å². The molecule has 0 unspecified atom stereocenters. The minimum absolute atomic E-state index is 0.0167. The molecule has 2 amide bonds. The summed E-state index contributed by atoms with van der Waals surface area (Å²) in [6.07, 6.45) is 9.79. The third-order valence-corrected chi connectivity index (χ3v) is 5.68. The Morgan fingerprint density at radius 3 is 2.27 bits per heavy atom. The Labute approximate surface area is 155 Å². The number of carbonyl (C=O) groups excluding carboxylic acids is 2. The van der Waals surface area contributed by atoms with Crippen LogP contribution < -0.4 is 5.32 Å². The van der Waals surface area contributed by atoms with Gasteiger partial charge in [-0.1, -0.05) is 38.2 Å². The summed E-state index contributed by atoms with van der Waals surface area (Å²) in [6, 6.07) is 6.12. The fourth-order valence-corrected chi connectivity index (χ4v) is 4.07. The molecule has 1 aromatic carbocycles. The predicted molar refractivity (Wildman–Crippen MR) is 99.3 cm³/mol. The molecule has 1 saturated heterocycles. The zero-order valence-corrected chi connectivity index (χ0v) is 15.4. The normalized spacial score (nSPS) is 20.3. The average molecular weight is 360 g/mol. The Morgan fingerprint density at radius 2 is 1.62 bits per heavy atom. The van der Waals surface area contributed by atoms with Crippen LogP contribution in [-0.4, -0.2) is 35.8 Å². The van der Waals surface area contributed by atoms with E-state index in [1.807, 2.05) is 0 Å². The summed E-state index contributed by atoms with van der Waals surface area (Å²) in [7, 11) is 0. The van der Waals surface area contributed by atoms with E-state index in [1.54, 1.807) is 17.0 Å². The average Bonchev–Trinajstić information content (AvgIpc) is 2.63. The summed E-state index contributed by atoms with van der Waals surface area (Å²) >= 11 is 0. The number of hydrogen-bond donors (Lipinski definition) is 1. The van der Waals surface area contributed by atoms with Crippen molar-refractivity contribution >= 4 is 11.8 Å². The van der Waals surface area contributed by atoms with E-state index in [4.69, 9.17) is 0 Å². The largest absolute Gasteiger partial charge is 0.353 e. The Hall–Kier alpha value is -1.91. The third kappa shape index (κ3) is 5.05. The van der Waals surface area contributed by atoms with E-state index in [1.165, 1.54) is 44.2 Å². The molecule has 4 nitrogen and oxygen atoms in total. The van der Waals surface area contributed by atoms with E-state index >= 15 is 0 Å². The van der Waals surface area contributed by atoms with Crippen molar-refractivity contribution in [2.45, 2.75) is 63.8 Å². The smallest absolute Gasteiger partial charge is 0.253 e. The van der Waals surface area contributed by atoms with Gasteiger partial charge in [-0.25, -0.2) is 4.39 Å². The minimum Gasteiger partial charge on any atom is -0.353 e. The van der Waals surface area contributed by atoms with E-state index in [9.17, 15) is 14.0 Å². The number of benzene rings is 1. The molecule has 2 aliphatic rings. The molecule has 142 valence electrons. The van der Waals surface area contributed by atoms with Crippen molar-refractivity contribution in [3.63, 3.8) is 0 Å². The Morgan fingerprint density at radius 1 is 0.962 bits per heavy atom. The highest BCUT2D eigenvalue weighted by Crippen LogP contribution is 2.22. The lowest BCUT2D eigenvalue weighted by Gasteiger charge is -2.32. The summed E-state index contributed by atoms with van der Waals surface area (Å²) in [4.78, 5) is 26.8. The number of piperidine rings is 1. The van der Waals surface area contributed by atoms with Gasteiger partial charge in [0.2, 0.25) is 5.91 Å². The number of hydrogen-bond acceptors (Lipinski definition) is 2. The van der Waals surface area contributed by atoms with Gasteiger partial charge in [0.1, 0.15) is 5.82 Å². The number of halogens is 1. The lowest BCUT2D eigenvalue weighted by molar-refractivity contribution is -0.127. The molecule has 0 spiro atoms. The second kappa shape index (κ2) is 9.15. The van der Waals surface area contributed by atoms with Crippen molar-refractivity contribution in [3.8, 4) is 0 Å². The van der Waals surface area contributed by atoms with E-state index < -0.39 is 5.82 Å². The van der Waals surface area contributed by atoms with Crippen LogP contribution in [0.15, 0.2) is 24.3 Å². The second-order valence-corrected chi connectivity index (χ2v) is 7.63. The highest BCUT2D eigenvalue weighted by atomic mass is 19.1. The summed E-state index contributed by atoms with van der Waals surface area (Å²) < 4.78 is 13.3. The maximum Gasteiger partial charge on any atom is 0.253 e. The maximum atomic E-state index is 13.3. The molecule has 0 aromatic heterocycles. The monoisotopic (exact) mass is 360 g/mol. The first-order valence-electron chi connectivity index (χ1n) is 9.99. The molecule has 5 heteroatoms. The van der Waals surface area contributed by atoms with Gasteiger partial charge in [-0.15, -0.1) is 0 Å². The molecule has 1 aliphatic carbocycles. The Bertz CT molecular complexity index is 618.